The summed E-state index contributed by atoms with van der Waals surface area (Å²) in [6, 6.07) is 13.6. The number of carbonyl (C=O) groups is 1. The van der Waals surface area contributed by atoms with Gasteiger partial charge in [0.1, 0.15) is 6.04 Å². The predicted octanol–water partition coefficient (Wildman–Crippen LogP) is 3.41. The number of hydrogen-bond acceptors (Lipinski definition) is 2. The first-order valence-corrected chi connectivity index (χ1v) is 10.9. The average molecular weight is 427 g/mol. The SMILES string of the molecule is CC(C)[C@@H](NS(C)(=O)(O)c1ccc(-c2ccc(Br)cc2)cc1)C(N)=O. The van der Waals surface area contributed by atoms with Gasteiger partial charge in [0.05, 0.1) is 4.90 Å². The highest BCUT2D eigenvalue weighted by molar-refractivity contribution is 9.10. The standard InChI is InChI=1S/C18H23BrN2O3S/c1-12(2)17(18(20)22)21-25(3,23,24)16-10-6-14(7-11-16)13-4-8-15(19)9-5-13/h4-12,17H,1-3H3,(H2,20,22)(H2,21,23,24)/t17-/m1/s1. The molecule has 136 valence electrons. The molecule has 1 amide bonds. The van der Waals surface area contributed by atoms with Crippen LogP contribution in [0.3, 0.4) is 0 Å². The van der Waals surface area contributed by atoms with Crippen LogP contribution >= 0.6 is 15.9 Å². The summed E-state index contributed by atoms with van der Waals surface area (Å²) >= 11 is 3.39. The van der Waals surface area contributed by atoms with Gasteiger partial charge in [0.2, 0.25) is 5.91 Å². The number of nitrogens with one attached hydrogen (secondary N) is 1. The Bertz CT molecular complexity index is 826. The molecule has 0 fully saturated rings. The molecule has 0 unspecified atom stereocenters. The Kier molecular flexibility index (Phi) is 5.53. The molecule has 0 aromatic heterocycles. The van der Waals surface area contributed by atoms with Crippen molar-refractivity contribution in [2.24, 2.45) is 11.7 Å². The van der Waals surface area contributed by atoms with Crippen LogP contribution in [-0.4, -0.2) is 27.0 Å². The number of hydrogen-bond donors (Lipinski definition) is 3. The van der Waals surface area contributed by atoms with E-state index in [2.05, 4.69) is 20.7 Å². The number of primary amides is 1. The molecule has 25 heavy (non-hydrogen) atoms. The van der Waals surface area contributed by atoms with Crippen LogP contribution in [0.2, 0.25) is 0 Å². The first-order chi connectivity index (χ1) is 11.5. The van der Waals surface area contributed by atoms with E-state index in [0.29, 0.717) is 0 Å². The maximum absolute atomic E-state index is 13.1. The highest BCUT2D eigenvalue weighted by Gasteiger charge is 2.31. The molecule has 0 radical (unpaired) electrons. The number of amides is 1. The first kappa shape index (κ1) is 19.8. The Balaban J connectivity index is 2.34. The van der Waals surface area contributed by atoms with Gasteiger partial charge in [-0.25, -0.2) is 4.72 Å². The summed E-state index contributed by atoms with van der Waals surface area (Å²) in [5, 5.41) is 0. The molecule has 1 atom stereocenters. The lowest BCUT2D eigenvalue weighted by Gasteiger charge is -2.43. The zero-order chi connectivity index (χ0) is 18.9. The highest BCUT2D eigenvalue weighted by Crippen LogP contribution is 2.30. The van der Waals surface area contributed by atoms with Crippen LogP contribution in [0.5, 0.6) is 0 Å². The number of rotatable bonds is 6. The highest BCUT2D eigenvalue weighted by atomic mass is 79.9. The van der Waals surface area contributed by atoms with Gasteiger partial charge in [-0.15, -0.1) is 9.53 Å². The molecule has 0 aliphatic rings. The van der Waals surface area contributed by atoms with E-state index in [1.54, 1.807) is 38.1 Å². The van der Waals surface area contributed by atoms with E-state index < -0.39 is 21.5 Å². The van der Waals surface area contributed by atoms with Crippen molar-refractivity contribution in [3.05, 3.63) is 53.0 Å². The maximum atomic E-state index is 13.1. The van der Waals surface area contributed by atoms with E-state index in [4.69, 9.17) is 5.73 Å². The fourth-order valence-corrected chi connectivity index (χ4v) is 4.66. The molecule has 0 heterocycles. The van der Waals surface area contributed by atoms with E-state index in [1.165, 1.54) is 6.26 Å². The Labute approximate surface area is 156 Å². The van der Waals surface area contributed by atoms with Crippen molar-refractivity contribution >= 4 is 31.4 Å². The third-order valence-electron chi connectivity index (χ3n) is 3.96. The lowest BCUT2D eigenvalue weighted by Crippen LogP contribution is -2.57. The zero-order valence-corrected chi connectivity index (χ0v) is 16.8. The van der Waals surface area contributed by atoms with Crippen molar-refractivity contribution in [2.45, 2.75) is 24.8 Å². The second-order valence-electron chi connectivity index (χ2n) is 6.56. The van der Waals surface area contributed by atoms with E-state index in [9.17, 15) is 13.6 Å². The summed E-state index contributed by atoms with van der Waals surface area (Å²) in [6.45, 7) is 3.53. The molecule has 0 bridgehead atoms. The summed E-state index contributed by atoms with van der Waals surface area (Å²) in [5.41, 5.74) is 7.28. The van der Waals surface area contributed by atoms with Crippen LogP contribution in [0, 0.1) is 5.92 Å². The minimum absolute atomic E-state index is 0.212. The molecule has 0 aliphatic carbocycles. The summed E-state index contributed by atoms with van der Waals surface area (Å²) in [7, 11) is -4.41. The summed E-state index contributed by atoms with van der Waals surface area (Å²) in [5.74, 6) is -0.868. The topological polar surface area (TPSA) is 92.4 Å². The van der Waals surface area contributed by atoms with Crippen LogP contribution < -0.4 is 10.5 Å². The van der Waals surface area contributed by atoms with Crippen molar-refractivity contribution < 1.29 is 13.6 Å². The number of benzene rings is 2. The molecule has 2 aromatic rings. The Morgan fingerprint density at radius 1 is 1.08 bits per heavy atom. The number of nitrogens with two attached hydrogens (primary N) is 1. The molecular formula is C18H23BrN2O3S. The summed E-state index contributed by atoms with van der Waals surface area (Å²) in [4.78, 5) is 11.8. The fourth-order valence-electron chi connectivity index (χ4n) is 2.50. The Morgan fingerprint density at radius 2 is 1.52 bits per heavy atom. The van der Waals surface area contributed by atoms with E-state index in [1.807, 2.05) is 24.3 Å². The molecule has 0 saturated heterocycles. The average Bonchev–Trinajstić information content (AvgIpc) is 2.53. The van der Waals surface area contributed by atoms with Crippen molar-refractivity contribution in [3.63, 3.8) is 0 Å². The number of carbonyl (C=O) groups excluding carboxylic acids is 1. The lowest BCUT2D eigenvalue weighted by atomic mass is 10.1. The first-order valence-electron chi connectivity index (χ1n) is 7.81. The molecule has 2 rings (SSSR count). The monoisotopic (exact) mass is 426 g/mol. The maximum Gasteiger partial charge on any atom is 0.236 e. The van der Waals surface area contributed by atoms with E-state index in [0.717, 1.165) is 15.6 Å². The molecule has 5 nitrogen and oxygen atoms in total. The van der Waals surface area contributed by atoms with Crippen LogP contribution in [-0.2, 0) is 14.3 Å². The molecule has 0 spiro atoms. The minimum Gasteiger partial charge on any atom is -0.368 e. The van der Waals surface area contributed by atoms with Crippen LogP contribution in [0.15, 0.2) is 57.9 Å². The predicted molar refractivity (Wildman–Crippen MR) is 105 cm³/mol. The summed E-state index contributed by atoms with van der Waals surface area (Å²) < 4.78 is 27.4. The van der Waals surface area contributed by atoms with Gasteiger partial charge in [0.15, 0.2) is 0 Å². The molecular weight excluding hydrogens is 404 g/mol. The third kappa shape index (κ3) is 4.76. The fraction of sp³-hybridized carbons (Fsp3) is 0.278. The van der Waals surface area contributed by atoms with Crippen LogP contribution in [0.1, 0.15) is 13.8 Å². The molecule has 0 aliphatic heterocycles. The minimum atomic E-state index is -4.41. The lowest BCUT2D eigenvalue weighted by molar-refractivity contribution is -0.120. The Hall–Kier alpha value is -1.54. The smallest absolute Gasteiger partial charge is 0.236 e. The quantitative estimate of drug-likeness (QED) is 0.660. The normalized spacial score (nSPS) is 14.7. The van der Waals surface area contributed by atoms with Gasteiger partial charge >= 0.3 is 0 Å². The van der Waals surface area contributed by atoms with Gasteiger partial charge in [-0.1, -0.05) is 54.0 Å². The second-order valence-corrected chi connectivity index (χ2v) is 10.7. The molecule has 0 saturated carbocycles. The van der Waals surface area contributed by atoms with Gasteiger partial charge in [-0.05, 0) is 41.3 Å². The molecule has 4 N–H and O–H groups in total. The van der Waals surface area contributed by atoms with Crippen molar-refractivity contribution in [3.8, 4) is 11.1 Å². The largest absolute Gasteiger partial charge is 0.368 e. The van der Waals surface area contributed by atoms with Crippen molar-refractivity contribution in [1.82, 2.24) is 4.72 Å². The van der Waals surface area contributed by atoms with E-state index >= 15 is 0 Å². The van der Waals surface area contributed by atoms with E-state index in [-0.39, 0.29) is 10.8 Å². The van der Waals surface area contributed by atoms with Gasteiger partial charge in [-0.2, -0.15) is 4.21 Å². The van der Waals surface area contributed by atoms with Gasteiger partial charge in [-0.3, -0.25) is 9.35 Å². The van der Waals surface area contributed by atoms with Crippen molar-refractivity contribution in [1.29, 1.82) is 0 Å². The van der Waals surface area contributed by atoms with Gasteiger partial charge in [0, 0.05) is 10.7 Å². The zero-order valence-electron chi connectivity index (χ0n) is 14.4. The van der Waals surface area contributed by atoms with Crippen LogP contribution in [0.4, 0.5) is 0 Å². The number of halogens is 1. The van der Waals surface area contributed by atoms with Gasteiger partial charge in [0.25, 0.3) is 0 Å². The molecule has 2 aromatic carbocycles. The molecule has 7 heteroatoms. The second kappa shape index (κ2) is 6.99. The van der Waals surface area contributed by atoms with Crippen molar-refractivity contribution in [2.75, 3.05) is 6.26 Å². The summed E-state index contributed by atoms with van der Waals surface area (Å²) in [6.07, 6.45) is 1.20. The Morgan fingerprint density at radius 3 is 1.92 bits per heavy atom. The van der Waals surface area contributed by atoms with Crippen LogP contribution in [0.25, 0.3) is 11.1 Å². The third-order valence-corrected chi connectivity index (χ3v) is 6.69. The van der Waals surface area contributed by atoms with Gasteiger partial charge < -0.3 is 5.73 Å².